The molecule has 0 spiro atoms. The molecule has 3 nitrogen and oxygen atoms in total. The van der Waals surface area contributed by atoms with Gasteiger partial charge in [0, 0.05) is 0 Å². The van der Waals surface area contributed by atoms with Gasteiger partial charge < -0.3 is 5.73 Å². The minimum Gasteiger partial charge on any atom is -0.369 e. The lowest BCUT2D eigenvalue weighted by Gasteiger charge is -2.14. The van der Waals surface area contributed by atoms with Crippen molar-refractivity contribution < 1.29 is 9.59 Å². The van der Waals surface area contributed by atoms with Gasteiger partial charge in [-0.1, -0.05) is 18.7 Å². The molecule has 3 heteroatoms. The molecule has 1 aliphatic rings. The molecule has 0 radical (unpaired) electrons. The van der Waals surface area contributed by atoms with Crippen molar-refractivity contribution in [2.75, 3.05) is 0 Å². The minimum absolute atomic E-state index is 0.0333. The number of hydrogen-bond donors (Lipinski definition) is 1. The molecule has 0 aromatic heterocycles. The zero-order valence-corrected chi connectivity index (χ0v) is 9.03. The van der Waals surface area contributed by atoms with Gasteiger partial charge in [0.25, 0.3) is 0 Å². The summed E-state index contributed by atoms with van der Waals surface area (Å²) < 4.78 is 0. The molecule has 0 unspecified atom stereocenters. The first-order valence-electron chi connectivity index (χ1n) is 5.18. The summed E-state index contributed by atoms with van der Waals surface area (Å²) in [6.45, 7) is 5.32. The summed E-state index contributed by atoms with van der Waals surface area (Å²) in [6, 6.07) is 0. The third kappa shape index (κ3) is 3.05. The maximum absolute atomic E-state index is 11.2. The standard InChI is InChI=1S/C12H17NO2/c1-8(9(2)14)10-4-3-5-11(7-6-10)12(13)15/h3,5,10-11H,1,4,6-7H2,2H3,(H2,13,15)/t10-,11-/m0/s1. The number of ketones is 1. The van der Waals surface area contributed by atoms with Crippen molar-refractivity contribution >= 4 is 11.7 Å². The second-order valence-corrected chi connectivity index (χ2v) is 4.03. The van der Waals surface area contributed by atoms with E-state index in [1.807, 2.05) is 12.2 Å². The molecule has 2 N–H and O–H groups in total. The van der Waals surface area contributed by atoms with Gasteiger partial charge in [0.1, 0.15) is 0 Å². The Morgan fingerprint density at radius 2 is 2.07 bits per heavy atom. The maximum Gasteiger partial charge on any atom is 0.224 e. The van der Waals surface area contributed by atoms with Crippen molar-refractivity contribution in [2.24, 2.45) is 17.6 Å². The topological polar surface area (TPSA) is 60.2 Å². The van der Waals surface area contributed by atoms with Crippen molar-refractivity contribution in [1.29, 1.82) is 0 Å². The molecule has 2 atom stereocenters. The van der Waals surface area contributed by atoms with Crippen molar-refractivity contribution in [3.05, 3.63) is 24.3 Å². The molecule has 1 amide bonds. The van der Waals surface area contributed by atoms with Crippen LogP contribution in [0.25, 0.3) is 0 Å². The third-order valence-electron chi connectivity index (χ3n) is 2.93. The number of carbonyl (C=O) groups excluding carboxylic acids is 2. The number of allylic oxidation sites excluding steroid dienone is 2. The molecular weight excluding hydrogens is 190 g/mol. The van der Waals surface area contributed by atoms with E-state index in [1.54, 1.807) is 0 Å². The summed E-state index contributed by atoms with van der Waals surface area (Å²) in [5.74, 6) is -0.274. The van der Waals surface area contributed by atoms with Crippen LogP contribution in [0.4, 0.5) is 0 Å². The molecule has 0 heterocycles. The number of Topliss-reactive ketones (excluding diaryl/α,β-unsaturated/α-hetero) is 1. The lowest BCUT2D eigenvalue weighted by molar-refractivity contribution is -0.120. The van der Waals surface area contributed by atoms with Gasteiger partial charge in [-0.25, -0.2) is 0 Å². The molecule has 0 saturated heterocycles. The molecule has 0 fully saturated rings. The number of rotatable bonds is 3. The normalized spacial score (nSPS) is 25.7. The average Bonchev–Trinajstić information content (AvgIpc) is 2.41. The van der Waals surface area contributed by atoms with E-state index in [1.165, 1.54) is 6.92 Å². The van der Waals surface area contributed by atoms with Gasteiger partial charge in [0.2, 0.25) is 5.91 Å². The fourth-order valence-corrected chi connectivity index (χ4v) is 1.84. The molecule has 0 aromatic carbocycles. The van der Waals surface area contributed by atoms with Crippen LogP contribution in [0.3, 0.4) is 0 Å². The molecule has 15 heavy (non-hydrogen) atoms. The van der Waals surface area contributed by atoms with Gasteiger partial charge in [-0.15, -0.1) is 0 Å². The van der Waals surface area contributed by atoms with E-state index in [2.05, 4.69) is 6.58 Å². The van der Waals surface area contributed by atoms with Crippen LogP contribution in [-0.4, -0.2) is 11.7 Å². The van der Waals surface area contributed by atoms with Gasteiger partial charge in [0.15, 0.2) is 5.78 Å². The highest BCUT2D eigenvalue weighted by atomic mass is 16.1. The second kappa shape index (κ2) is 4.91. The SMILES string of the molecule is C=C(C(C)=O)[C@H]1CC=C[C@H](C(N)=O)CC1. The van der Waals surface area contributed by atoms with E-state index < -0.39 is 0 Å². The molecule has 0 aromatic rings. The molecule has 1 aliphatic carbocycles. The Bertz CT molecular complexity index is 318. The smallest absolute Gasteiger partial charge is 0.224 e. The number of amides is 1. The van der Waals surface area contributed by atoms with Gasteiger partial charge >= 0.3 is 0 Å². The Balaban J connectivity index is 2.63. The van der Waals surface area contributed by atoms with E-state index in [9.17, 15) is 9.59 Å². The van der Waals surface area contributed by atoms with Gasteiger partial charge in [-0.2, -0.15) is 0 Å². The van der Waals surface area contributed by atoms with Crippen LogP contribution in [0.5, 0.6) is 0 Å². The fraction of sp³-hybridized carbons (Fsp3) is 0.500. The summed E-state index contributed by atoms with van der Waals surface area (Å²) in [5, 5.41) is 0. The second-order valence-electron chi connectivity index (χ2n) is 4.03. The summed E-state index contributed by atoms with van der Waals surface area (Å²) >= 11 is 0. The molecule has 0 saturated carbocycles. The summed E-state index contributed by atoms with van der Waals surface area (Å²) in [7, 11) is 0. The quantitative estimate of drug-likeness (QED) is 0.564. The van der Waals surface area contributed by atoms with Gasteiger partial charge in [-0.3, -0.25) is 9.59 Å². The first-order chi connectivity index (χ1) is 7.02. The predicted molar refractivity (Wildman–Crippen MR) is 59.0 cm³/mol. The zero-order chi connectivity index (χ0) is 11.4. The first-order valence-corrected chi connectivity index (χ1v) is 5.18. The Morgan fingerprint density at radius 1 is 1.40 bits per heavy atom. The van der Waals surface area contributed by atoms with Crippen molar-refractivity contribution in [3.63, 3.8) is 0 Å². The van der Waals surface area contributed by atoms with Crippen LogP contribution in [0.1, 0.15) is 26.2 Å². The predicted octanol–water partition coefficient (Wildman–Crippen LogP) is 1.59. The number of hydrogen-bond acceptors (Lipinski definition) is 2. The van der Waals surface area contributed by atoms with Crippen LogP contribution in [0.15, 0.2) is 24.3 Å². The van der Waals surface area contributed by atoms with Crippen molar-refractivity contribution in [1.82, 2.24) is 0 Å². The highest BCUT2D eigenvalue weighted by molar-refractivity contribution is 5.93. The molecule has 82 valence electrons. The molecular formula is C12H17NO2. The number of primary amides is 1. The minimum atomic E-state index is -0.291. The first kappa shape index (κ1) is 11.7. The Kier molecular flexibility index (Phi) is 3.83. The monoisotopic (exact) mass is 207 g/mol. The van der Waals surface area contributed by atoms with Crippen LogP contribution in [-0.2, 0) is 9.59 Å². The van der Waals surface area contributed by atoms with E-state index >= 15 is 0 Å². The largest absolute Gasteiger partial charge is 0.369 e. The van der Waals surface area contributed by atoms with Gasteiger partial charge in [0.05, 0.1) is 5.92 Å². The van der Waals surface area contributed by atoms with E-state index in [0.29, 0.717) is 12.0 Å². The van der Waals surface area contributed by atoms with Crippen LogP contribution in [0, 0.1) is 11.8 Å². The Labute approximate surface area is 90.0 Å². The summed E-state index contributed by atoms with van der Waals surface area (Å²) in [6.07, 6.45) is 6.07. The van der Waals surface area contributed by atoms with E-state index in [4.69, 9.17) is 5.73 Å². The number of nitrogens with two attached hydrogens (primary N) is 1. The Hall–Kier alpha value is -1.38. The summed E-state index contributed by atoms with van der Waals surface area (Å²) in [4.78, 5) is 22.2. The van der Waals surface area contributed by atoms with Crippen LogP contribution >= 0.6 is 0 Å². The van der Waals surface area contributed by atoms with Crippen molar-refractivity contribution in [2.45, 2.75) is 26.2 Å². The van der Waals surface area contributed by atoms with E-state index in [0.717, 1.165) is 12.8 Å². The highest BCUT2D eigenvalue weighted by Crippen LogP contribution is 2.27. The molecule has 0 bridgehead atoms. The van der Waals surface area contributed by atoms with Crippen LogP contribution < -0.4 is 5.73 Å². The zero-order valence-electron chi connectivity index (χ0n) is 9.03. The lowest BCUT2D eigenvalue weighted by atomic mass is 9.89. The lowest BCUT2D eigenvalue weighted by Crippen LogP contribution is -2.21. The number of carbonyl (C=O) groups is 2. The molecule has 0 aliphatic heterocycles. The summed E-state index contributed by atoms with van der Waals surface area (Å²) in [5.41, 5.74) is 5.90. The van der Waals surface area contributed by atoms with Crippen LogP contribution in [0.2, 0.25) is 0 Å². The maximum atomic E-state index is 11.2. The average molecular weight is 207 g/mol. The fourth-order valence-electron chi connectivity index (χ4n) is 1.84. The van der Waals surface area contributed by atoms with Crippen molar-refractivity contribution in [3.8, 4) is 0 Å². The van der Waals surface area contributed by atoms with Gasteiger partial charge in [-0.05, 0) is 37.7 Å². The Morgan fingerprint density at radius 3 is 2.60 bits per heavy atom. The third-order valence-corrected chi connectivity index (χ3v) is 2.93. The highest BCUT2D eigenvalue weighted by Gasteiger charge is 2.21. The molecule has 1 rings (SSSR count). The van der Waals surface area contributed by atoms with E-state index in [-0.39, 0.29) is 23.5 Å².